The van der Waals surface area contributed by atoms with Gasteiger partial charge in [0.25, 0.3) is 0 Å². The number of halogens is 3. The van der Waals surface area contributed by atoms with Gasteiger partial charge in [0.2, 0.25) is 0 Å². The topological polar surface area (TPSA) is 43.8 Å². The molecule has 112 valence electrons. The number of hydrogen-bond donors (Lipinski definition) is 1. The average Bonchev–Trinajstić information content (AvgIpc) is 2.24. The van der Waals surface area contributed by atoms with Gasteiger partial charge in [0.1, 0.15) is 0 Å². The van der Waals surface area contributed by atoms with Crippen molar-refractivity contribution < 1.29 is 23.1 Å². The van der Waals surface area contributed by atoms with E-state index in [1.807, 2.05) is 7.05 Å². The van der Waals surface area contributed by atoms with Crippen LogP contribution >= 0.6 is 0 Å². The number of likely N-dealkylation sites (tertiary alicyclic amines) is 1. The van der Waals surface area contributed by atoms with Crippen molar-refractivity contribution in [2.45, 2.75) is 37.9 Å². The first kappa shape index (κ1) is 16.2. The van der Waals surface area contributed by atoms with Gasteiger partial charge in [-0.25, -0.2) is 0 Å². The molecule has 1 fully saturated rings. The Hall–Kier alpha value is -0.820. The van der Waals surface area contributed by atoms with E-state index in [9.17, 15) is 18.0 Å². The summed E-state index contributed by atoms with van der Waals surface area (Å²) in [6.07, 6.45) is -0.585. The zero-order chi connectivity index (χ0) is 14.5. The maximum atomic E-state index is 12.4. The van der Waals surface area contributed by atoms with Gasteiger partial charge < -0.3 is 10.0 Å². The summed E-state index contributed by atoms with van der Waals surface area (Å²) in [7, 11) is 1.97. The number of hydrogen-bond acceptors (Lipinski definition) is 3. The zero-order valence-corrected chi connectivity index (χ0v) is 11.1. The van der Waals surface area contributed by atoms with Gasteiger partial charge in [-0.3, -0.25) is 9.69 Å². The van der Waals surface area contributed by atoms with Crippen LogP contribution < -0.4 is 0 Å². The fourth-order valence-corrected chi connectivity index (χ4v) is 2.50. The van der Waals surface area contributed by atoms with E-state index in [0.717, 1.165) is 30.7 Å². The van der Waals surface area contributed by atoms with E-state index in [1.54, 1.807) is 0 Å². The summed E-state index contributed by atoms with van der Waals surface area (Å²) in [5.74, 6) is -1.22. The minimum Gasteiger partial charge on any atom is -0.480 e. The van der Waals surface area contributed by atoms with Gasteiger partial charge in [0.05, 0.1) is 13.1 Å². The molecule has 0 amide bonds. The smallest absolute Gasteiger partial charge is 0.401 e. The molecule has 1 aliphatic rings. The summed E-state index contributed by atoms with van der Waals surface area (Å²) in [6.45, 7) is -0.588. The molecule has 0 spiro atoms. The Bertz CT molecular complexity index is 297. The van der Waals surface area contributed by atoms with Crippen LogP contribution in [0.25, 0.3) is 0 Å². The van der Waals surface area contributed by atoms with Crippen LogP contribution in [0.2, 0.25) is 0 Å². The van der Waals surface area contributed by atoms with E-state index in [4.69, 9.17) is 5.11 Å². The molecule has 0 bridgehead atoms. The average molecular weight is 282 g/mol. The number of carbonyl (C=O) groups is 1. The van der Waals surface area contributed by atoms with Crippen LogP contribution in [0.5, 0.6) is 0 Å². The van der Waals surface area contributed by atoms with Crippen molar-refractivity contribution in [1.82, 2.24) is 9.80 Å². The standard InChI is InChI=1S/C12H21F3N2O2/c1-16-6-3-2-4-10(16)5-7-17(8-11(18)19)9-12(13,14)15/h10H,2-9H2,1H3,(H,18,19). The van der Waals surface area contributed by atoms with Gasteiger partial charge in [-0.05, 0) is 32.9 Å². The van der Waals surface area contributed by atoms with Gasteiger partial charge in [-0.2, -0.15) is 13.2 Å². The van der Waals surface area contributed by atoms with E-state index in [2.05, 4.69) is 4.90 Å². The predicted molar refractivity (Wildman–Crippen MR) is 65.0 cm³/mol. The third-order valence-electron chi connectivity index (χ3n) is 3.46. The Kier molecular flexibility index (Phi) is 6.06. The summed E-state index contributed by atoms with van der Waals surface area (Å²) in [4.78, 5) is 13.7. The number of nitrogens with zero attached hydrogens (tertiary/aromatic N) is 2. The van der Waals surface area contributed by atoms with Crippen molar-refractivity contribution in [2.75, 3.05) is 33.2 Å². The summed E-state index contributed by atoms with van der Waals surface area (Å²) < 4.78 is 37.1. The second-order valence-electron chi connectivity index (χ2n) is 5.14. The molecule has 1 saturated heterocycles. The number of carboxylic acid groups (broad SMARTS) is 1. The van der Waals surface area contributed by atoms with Gasteiger partial charge in [-0.1, -0.05) is 6.42 Å². The first-order valence-electron chi connectivity index (χ1n) is 6.49. The number of aliphatic carboxylic acids is 1. The third kappa shape index (κ3) is 6.77. The van der Waals surface area contributed by atoms with Crippen molar-refractivity contribution in [3.05, 3.63) is 0 Å². The molecule has 1 heterocycles. The Labute approximate surface area is 111 Å². The van der Waals surface area contributed by atoms with Crippen LogP contribution in [0, 0.1) is 0 Å². The van der Waals surface area contributed by atoms with Gasteiger partial charge in [0.15, 0.2) is 0 Å². The SMILES string of the molecule is CN1CCCCC1CCN(CC(=O)O)CC(F)(F)F. The molecule has 1 aliphatic heterocycles. The number of piperidine rings is 1. The first-order valence-corrected chi connectivity index (χ1v) is 6.49. The quantitative estimate of drug-likeness (QED) is 0.807. The van der Waals surface area contributed by atoms with Gasteiger partial charge in [0, 0.05) is 12.6 Å². The van der Waals surface area contributed by atoms with Gasteiger partial charge >= 0.3 is 12.1 Å². The molecule has 1 unspecified atom stereocenters. The molecule has 1 N–H and O–H groups in total. The van der Waals surface area contributed by atoms with E-state index in [0.29, 0.717) is 6.42 Å². The predicted octanol–water partition coefficient (Wildman–Crippen LogP) is 1.81. The van der Waals surface area contributed by atoms with Crippen molar-refractivity contribution >= 4 is 5.97 Å². The number of rotatable bonds is 6. The molecule has 7 heteroatoms. The van der Waals surface area contributed by atoms with Gasteiger partial charge in [-0.15, -0.1) is 0 Å². The Morgan fingerprint density at radius 2 is 2.11 bits per heavy atom. The molecular weight excluding hydrogens is 261 g/mol. The first-order chi connectivity index (χ1) is 8.78. The Morgan fingerprint density at radius 1 is 1.42 bits per heavy atom. The largest absolute Gasteiger partial charge is 0.480 e. The summed E-state index contributed by atoms with van der Waals surface area (Å²) in [6, 6.07) is 0.262. The van der Waals surface area contributed by atoms with E-state index < -0.39 is 25.2 Å². The zero-order valence-electron chi connectivity index (χ0n) is 11.1. The van der Waals surface area contributed by atoms with Crippen LogP contribution in [0.1, 0.15) is 25.7 Å². The molecule has 0 aromatic rings. The molecule has 0 aliphatic carbocycles. The second-order valence-corrected chi connectivity index (χ2v) is 5.14. The van der Waals surface area contributed by atoms with Crippen molar-refractivity contribution in [3.8, 4) is 0 Å². The highest BCUT2D eigenvalue weighted by molar-refractivity contribution is 5.69. The molecular formula is C12H21F3N2O2. The third-order valence-corrected chi connectivity index (χ3v) is 3.46. The van der Waals surface area contributed by atoms with Crippen LogP contribution in [0.3, 0.4) is 0 Å². The van der Waals surface area contributed by atoms with Crippen LogP contribution in [0.4, 0.5) is 13.2 Å². The van der Waals surface area contributed by atoms with Crippen LogP contribution in [-0.4, -0.2) is 66.3 Å². The summed E-state index contributed by atoms with van der Waals surface area (Å²) in [5.41, 5.74) is 0. The van der Waals surface area contributed by atoms with Crippen LogP contribution in [0.15, 0.2) is 0 Å². The monoisotopic (exact) mass is 282 g/mol. The molecule has 0 radical (unpaired) electrons. The number of alkyl halides is 3. The van der Waals surface area contributed by atoms with E-state index in [1.165, 1.54) is 0 Å². The minimum atomic E-state index is -4.35. The van der Waals surface area contributed by atoms with Crippen molar-refractivity contribution in [1.29, 1.82) is 0 Å². The highest BCUT2D eigenvalue weighted by Gasteiger charge is 2.32. The highest BCUT2D eigenvalue weighted by Crippen LogP contribution is 2.20. The minimum absolute atomic E-state index is 0.167. The Morgan fingerprint density at radius 3 is 2.63 bits per heavy atom. The van der Waals surface area contributed by atoms with Crippen LogP contribution in [-0.2, 0) is 4.79 Å². The lowest BCUT2D eigenvalue weighted by Crippen LogP contribution is -2.42. The lowest BCUT2D eigenvalue weighted by atomic mass is 10.00. The fraction of sp³-hybridized carbons (Fsp3) is 0.917. The summed E-state index contributed by atoms with van der Waals surface area (Å²) >= 11 is 0. The molecule has 0 saturated carbocycles. The van der Waals surface area contributed by atoms with E-state index in [-0.39, 0.29) is 12.6 Å². The molecule has 0 aromatic heterocycles. The molecule has 0 aromatic carbocycles. The lowest BCUT2D eigenvalue weighted by Gasteiger charge is -2.34. The molecule has 4 nitrogen and oxygen atoms in total. The van der Waals surface area contributed by atoms with E-state index >= 15 is 0 Å². The maximum Gasteiger partial charge on any atom is 0.401 e. The molecule has 19 heavy (non-hydrogen) atoms. The lowest BCUT2D eigenvalue weighted by molar-refractivity contribution is -0.154. The fourth-order valence-electron chi connectivity index (χ4n) is 2.50. The normalized spacial score (nSPS) is 21.8. The summed E-state index contributed by atoms with van der Waals surface area (Å²) in [5, 5.41) is 8.65. The molecule has 1 rings (SSSR count). The van der Waals surface area contributed by atoms with Crippen molar-refractivity contribution in [3.63, 3.8) is 0 Å². The maximum absolute atomic E-state index is 12.4. The Balaban J connectivity index is 2.45. The molecule has 1 atom stereocenters. The highest BCUT2D eigenvalue weighted by atomic mass is 19.4. The second kappa shape index (κ2) is 7.09. The number of carboxylic acids is 1. The van der Waals surface area contributed by atoms with Crippen molar-refractivity contribution in [2.24, 2.45) is 0 Å².